The Kier molecular flexibility index (Phi) is 3.38. The van der Waals surface area contributed by atoms with E-state index >= 15 is 0 Å². The number of hydrogen-bond acceptors (Lipinski definition) is 6. The maximum Gasteiger partial charge on any atom is 0.247 e. The van der Waals surface area contributed by atoms with E-state index in [1.807, 2.05) is 0 Å². The fraction of sp³-hybridized carbons (Fsp3) is 0.200. The number of carbonyl (C=O) groups excluding carboxylic acids is 2. The summed E-state index contributed by atoms with van der Waals surface area (Å²) in [7, 11) is 0. The van der Waals surface area contributed by atoms with Crippen LogP contribution in [0.2, 0.25) is 0 Å². The number of Topliss-reactive ketones (excluding diaryl/α,β-unsaturated/α-hetero) is 1. The quantitative estimate of drug-likeness (QED) is 0.794. The number of thiazole rings is 1. The summed E-state index contributed by atoms with van der Waals surface area (Å²) in [5, 5.41) is 8.47. The summed E-state index contributed by atoms with van der Waals surface area (Å²) in [4.78, 5) is 26.7. The summed E-state index contributed by atoms with van der Waals surface area (Å²) in [6.07, 6.45) is 3.02. The number of nitrogens with two attached hydrogens (primary N) is 1. The zero-order valence-corrected chi connectivity index (χ0v) is 10.4. The molecule has 8 heteroatoms. The van der Waals surface area contributed by atoms with Crippen molar-refractivity contribution < 1.29 is 9.59 Å². The van der Waals surface area contributed by atoms with E-state index in [9.17, 15) is 9.59 Å². The van der Waals surface area contributed by atoms with E-state index in [1.165, 1.54) is 29.1 Å². The molecule has 0 atom stereocenters. The van der Waals surface area contributed by atoms with Gasteiger partial charge in [0.15, 0.2) is 10.9 Å². The molecule has 0 fully saturated rings. The van der Waals surface area contributed by atoms with Gasteiger partial charge in [-0.2, -0.15) is 5.10 Å². The van der Waals surface area contributed by atoms with Crippen LogP contribution >= 0.6 is 11.3 Å². The van der Waals surface area contributed by atoms with Crippen molar-refractivity contribution in [3.63, 3.8) is 0 Å². The smallest absolute Gasteiger partial charge is 0.247 e. The molecule has 1 amide bonds. The van der Waals surface area contributed by atoms with Crippen LogP contribution in [0, 0.1) is 0 Å². The molecule has 0 saturated carbocycles. The number of nitrogens with one attached hydrogen (secondary N) is 1. The first-order chi connectivity index (χ1) is 8.54. The van der Waals surface area contributed by atoms with Crippen molar-refractivity contribution in [1.82, 2.24) is 14.8 Å². The van der Waals surface area contributed by atoms with Crippen molar-refractivity contribution in [3.05, 3.63) is 23.5 Å². The lowest BCUT2D eigenvalue weighted by molar-refractivity contribution is -0.116. The third-order valence-electron chi connectivity index (χ3n) is 2.07. The van der Waals surface area contributed by atoms with Crippen LogP contribution in [0.15, 0.2) is 17.8 Å². The molecule has 0 spiro atoms. The number of ketones is 1. The van der Waals surface area contributed by atoms with Crippen LogP contribution in [0.5, 0.6) is 0 Å². The Morgan fingerprint density at radius 3 is 2.89 bits per heavy atom. The normalized spacial score (nSPS) is 10.3. The molecule has 0 aliphatic rings. The Bertz CT molecular complexity index is 589. The van der Waals surface area contributed by atoms with Crippen molar-refractivity contribution in [2.45, 2.75) is 13.5 Å². The average Bonchev–Trinajstić information content (AvgIpc) is 2.88. The minimum absolute atomic E-state index is 0.0478. The van der Waals surface area contributed by atoms with Crippen molar-refractivity contribution in [2.24, 2.45) is 0 Å². The lowest BCUT2D eigenvalue weighted by Crippen LogP contribution is -2.19. The van der Waals surface area contributed by atoms with Gasteiger partial charge >= 0.3 is 0 Å². The zero-order chi connectivity index (χ0) is 13.1. The van der Waals surface area contributed by atoms with Crippen LogP contribution in [0.1, 0.15) is 17.4 Å². The largest absolute Gasteiger partial charge is 0.396 e. The van der Waals surface area contributed by atoms with E-state index in [1.54, 1.807) is 11.6 Å². The number of anilines is 2. The lowest BCUT2D eigenvalue weighted by Gasteiger charge is -2.01. The molecule has 7 nitrogen and oxygen atoms in total. The maximum atomic E-state index is 11.6. The van der Waals surface area contributed by atoms with Crippen LogP contribution in [0.4, 0.5) is 10.8 Å². The summed E-state index contributed by atoms with van der Waals surface area (Å²) < 4.78 is 1.42. The first-order valence-corrected chi connectivity index (χ1v) is 5.97. The highest BCUT2D eigenvalue weighted by molar-refractivity contribution is 7.14. The van der Waals surface area contributed by atoms with E-state index in [0.29, 0.717) is 16.5 Å². The molecular weight excluding hydrogens is 254 g/mol. The highest BCUT2D eigenvalue weighted by atomic mass is 32.1. The second kappa shape index (κ2) is 4.96. The average molecular weight is 265 g/mol. The molecule has 2 heterocycles. The van der Waals surface area contributed by atoms with Gasteiger partial charge in [-0.25, -0.2) is 4.98 Å². The molecule has 0 saturated heterocycles. The summed E-state index contributed by atoms with van der Waals surface area (Å²) in [6.45, 7) is 1.47. The molecule has 2 aromatic rings. The predicted octanol–water partition coefficient (Wildman–Crippen LogP) is 0.763. The molecule has 3 N–H and O–H groups in total. The predicted molar refractivity (Wildman–Crippen MR) is 67.4 cm³/mol. The van der Waals surface area contributed by atoms with Gasteiger partial charge in [0.1, 0.15) is 12.2 Å². The van der Waals surface area contributed by atoms with Crippen molar-refractivity contribution in [2.75, 3.05) is 11.1 Å². The second-order valence-corrected chi connectivity index (χ2v) is 4.47. The van der Waals surface area contributed by atoms with Crippen LogP contribution in [-0.2, 0) is 11.3 Å². The van der Waals surface area contributed by atoms with Crippen molar-refractivity contribution >= 4 is 33.8 Å². The maximum absolute atomic E-state index is 11.6. The van der Waals surface area contributed by atoms with Gasteiger partial charge < -0.3 is 11.1 Å². The third-order valence-corrected chi connectivity index (χ3v) is 2.83. The molecule has 0 aliphatic carbocycles. The molecule has 0 radical (unpaired) electrons. The SMILES string of the molecule is CC(=O)c1csc(NC(=O)Cn2cc(N)cn2)n1. The van der Waals surface area contributed by atoms with Gasteiger partial charge in [-0.05, 0) is 0 Å². The molecular formula is C10H11N5O2S. The van der Waals surface area contributed by atoms with Gasteiger partial charge in [0.25, 0.3) is 0 Å². The van der Waals surface area contributed by atoms with Gasteiger partial charge in [0, 0.05) is 18.5 Å². The van der Waals surface area contributed by atoms with E-state index < -0.39 is 0 Å². The molecule has 0 bridgehead atoms. The van der Waals surface area contributed by atoms with Gasteiger partial charge in [-0.3, -0.25) is 14.3 Å². The fourth-order valence-corrected chi connectivity index (χ4v) is 2.03. The van der Waals surface area contributed by atoms with Gasteiger partial charge in [0.2, 0.25) is 5.91 Å². The van der Waals surface area contributed by atoms with Crippen molar-refractivity contribution in [1.29, 1.82) is 0 Å². The summed E-state index contributed by atoms with van der Waals surface area (Å²) >= 11 is 1.20. The lowest BCUT2D eigenvalue weighted by atomic mass is 10.4. The Morgan fingerprint density at radius 1 is 1.56 bits per heavy atom. The zero-order valence-electron chi connectivity index (χ0n) is 9.58. The van der Waals surface area contributed by atoms with E-state index in [2.05, 4.69) is 15.4 Å². The summed E-state index contributed by atoms with van der Waals surface area (Å²) in [6, 6.07) is 0. The fourth-order valence-electron chi connectivity index (χ4n) is 1.26. The molecule has 2 rings (SSSR count). The number of nitrogens with zero attached hydrogens (tertiary/aromatic N) is 3. The number of hydrogen-bond donors (Lipinski definition) is 2. The van der Waals surface area contributed by atoms with Crippen LogP contribution in [-0.4, -0.2) is 26.5 Å². The van der Waals surface area contributed by atoms with Gasteiger partial charge in [-0.1, -0.05) is 0 Å². The van der Waals surface area contributed by atoms with E-state index in [0.717, 1.165) is 0 Å². The van der Waals surface area contributed by atoms with Gasteiger partial charge in [-0.15, -0.1) is 11.3 Å². The first kappa shape index (κ1) is 12.2. The molecule has 0 aromatic carbocycles. The standard InChI is InChI=1S/C10H11N5O2S/c1-6(16)8-5-18-10(13-8)14-9(17)4-15-3-7(11)2-12-15/h2-3,5H,4,11H2,1H3,(H,13,14,17). The van der Waals surface area contributed by atoms with Crippen molar-refractivity contribution in [3.8, 4) is 0 Å². The number of rotatable bonds is 4. The monoisotopic (exact) mass is 265 g/mol. The molecule has 18 heavy (non-hydrogen) atoms. The summed E-state index contributed by atoms with van der Waals surface area (Å²) in [5.74, 6) is -0.408. The Balaban J connectivity index is 1.96. The number of nitrogen functional groups attached to an aromatic ring is 1. The molecule has 0 unspecified atom stereocenters. The second-order valence-electron chi connectivity index (χ2n) is 3.61. The minimum atomic E-state index is -0.275. The van der Waals surface area contributed by atoms with E-state index in [-0.39, 0.29) is 18.2 Å². The summed E-state index contributed by atoms with van der Waals surface area (Å²) in [5.41, 5.74) is 6.32. The van der Waals surface area contributed by atoms with Crippen LogP contribution in [0.3, 0.4) is 0 Å². The Morgan fingerprint density at radius 2 is 2.33 bits per heavy atom. The van der Waals surface area contributed by atoms with E-state index in [4.69, 9.17) is 5.73 Å². The van der Waals surface area contributed by atoms with Crippen LogP contribution < -0.4 is 11.1 Å². The molecule has 0 aliphatic heterocycles. The third kappa shape index (κ3) is 2.92. The number of amides is 1. The minimum Gasteiger partial charge on any atom is -0.396 e. The Hall–Kier alpha value is -2.22. The topological polar surface area (TPSA) is 103 Å². The molecule has 2 aromatic heterocycles. The number of aromatic nitrogens is 3. The molecule has 94 valence electrons. The first-order valence-electron chi connectivity index (χ1n) is 5.09. The van der Waals surface area contributed by atoms with Gasteiger partial charge in [0.05, 0.1) is 11.9 Å². The highest BCUT2D eigenvalue weighted by Gasteiger charge is 2.09. The highest BCUT2D eigenvalue weighted by Crippen LogP contribution is 2.15. The number of carbonyl (C=O) groups is 2. The van der Waals surface area contributed by atoms with Crippen LogP contribution in [0.25, 0.3) is 0 Å². The Labute approximate surface area is 107 Å².